The highest BCUT2D eigenvalue weighted by molar-refractivity contribution is 7.11. The van der Waals surface area contributed by atoms with E-state index in [4.69, 9.17) is 10.5 Å². The van der Waals surface area contributed by atoms with Crippen LogP contribution in [-0.4, -0.2) is 12.1 Å². The van der Waals surface area contributed by atoms with Crippen molar-refractivity contribution in [2.45, 2.75) is 32.9 Å². The SMILES string of the molecule is CCc1nc(C(N)c2ccccc2COC)sc1C. The maximum atomic E-state index is 6.38. The van der Waals surface area contributed by atoms with Crippen molar-refractivity contribution in [2.24, 2.45) is 5.73 Å². The summed E-state index contributed by atoms with van der Waals surface area (Å²) < 4.78 is 5.23. The molecular weight excluding hydrogens is 256 g/mol. The quantitative estimate of drug-likeness (QED) is 0.912. The Kier molecular flexibility index (Phi) is 4.69. The largest absolute Gasteiger partial charge is 0.380 e. The molecular formula is C15H20N2OS. The van der Waals surface area contributed by atoms with E-state index in [1.807, 2.05) is 12.1 Å². The maximum absolute atomic E-state index is 6.38. The number of rotatable bonds is 5. The molecule has 0 amide bonds. The molecule has 1 unspecified atom stereocenters. The van der Waals surface area contributed by atoms with Crippen LogP contribution in [0.25, 0.3) is 0 Å². The third kappa shape index (κ3) is 3.03. The van der Waals surface area contributed by atoms with Gasteiger partial charge in [0.2, 0.25) is 0 Å². The average Bonchev–Trinajstić information content (AvgIpc) is 2.80. The number of hydrogen-bond donors (Lipinski definition) is 1. The summed E-state index contributed by atoms with van der Waals surface area (Å²) in [6, 6.07) is 7.96. The van der Waals surface area contributed by atoms with Gasteiger partial charge < -0.3 is 10.5 Å². The van der Waals surface area contributed by atoms with Crippen LogP contribution < -0.4 is 5.73 Å². The molecule has 2 aromatic rings. The molecule has 102 valence electrons. The molecule has 3 nitrogen and oxygen atoms in total. The fourth-order valence-electron chi connectivity index (χ4n) is 2.17. The summed E-state index contributed by atoms with van der Waals surface area (Å²) in [5.41, 5.74) is 9.76. The summed E-state index contributed by atoms with van der Waals surface area (Å²) in [5.74, 6) is 0. The van der Waals surface area contributed by atoms with E-state index in [0.717, 1.165) is 28.2 Å². The average molecular weight is 276 g/mol. The molecule has 4 heteroatoms. The number of benzene rings is 1. The van der Waals surface area contributed by atoms with Crippen LogP contribution in [-0.2, 0) is 17.8 Å². The molecule has 0 spiro atoms. The lowest BCUT2D eigenvalue weighted by Gasteiger charge is -2.14. The van der Waals surface area contributed by atoms with E-state index in [9.17, 15) is 0 Å². The monoisotopic (exact) mass is 276 g/mol. The van der Waals surface area contributed by atoms with Crippen molar-refractivity contribution in [3.05, 3.63) is 51.0 Å². The highest BCUT2D eigenvalue weighted by Gasteiger charge is 2.17. The molecule has 0 aliphatic heterocycles. The molecule has 2 rings (SSSR count). The van der Waals surface area contributed by atoms with Crippen LogP contribution in [0.2, 0.25) is 0 Å². The number of aryl methyl sites for hydroxylation is 2. The molecule has 19 heavy (non-hydrogen) atoms. The van der Waals surface area contributed by atoms with E-state index in [-0.39, 0.29) is 6.04 Å². The van der Waals surface area contributed by atoms with Crippen LogP contribution in [0.1, 0.15) is 39.7 Å². The molecule has 2 N–H and O–H groups in total. The Hall–Kier alpha value is -1.23. The highest BCUT2D eigenvalue weighted by Crippen LogP contribution is 2.28. The predicted molar refractivity (Wildman–Crippen MR) is 79.4 cm³/mol. The van der Waals surface area contributed by atoms with Gasteiger partial charge in [0.05, 0.1) is 18.3 Å². The minimum atomic E-state index is -0.171. The van der Waals surface area contributed by atoms with Gasteiger partial charge >= 0.3 is 0 Å². The van der Waals surface area contributed by atoms with E-state index < -0.39 is 0 Å². The Morgan fingerprint density at radius 1 is 1.37 bits per heavy atom. The summed E-state index contributed by atoms with van der Waals surface area (Å²) in [7, 11) is 1.70. The van der Waals surface area contributed by atoms with Crippen LogP contribution in [0.3, 0.4) is 0 Å². The standard InChI is InChI=1S/C15H20N2OS/c1-4-13-10(2)19-15(17-13)14(16)12-8-6-5-7-11(12)9-18-3/h5-8,14H,4,9,16H2,1-3H3. The molecule has 0 fully saturated rings. The molecule has 1 heterocycles. The number of methoxy groups -OCH3 is 1. The van der Waals surface area contributed by atoms with Gasteiger partial charge in [-0.05, 0) is 24.5 Å². The van der Waals surface area contributed by atoms with E-state index >= 15 is 0 Å². The van der Waals surface area contributed by atoms with Crippen LogP contribution in [0.5, 0.6) is 0 Å². The van der Waals surface area contributed by atoms with E-state index in [2.05, 4.69) is 31.0 Å². The Morgan fingerprint density at radius 2 is 2.11 bits per heavy atom. The fraction of sp³-hybridized carbons (Fsp3) is 0.400. The molecule has 1 aromatic heterocycles. The predicted octanol–water partition coefficient (Wildman–Crippen LogP) is 3.21. The van der Waals surface area contributed by atoms with Crippen LogP contribution in [0.15, 0.2) is 24.3 Å². The second kappa shape index (κ2) is 6.28. The van der Waals surface area contributed by atoms with Crippen molar-refractivity contribution >= 4 is 11.3 Å². The fourth-order valence-corrected chi connectivity index (χ4v) is 3.20. The van der Waals surface area contributed by atoms with Gasteiger partial charge in [-0.1, -0.05) is 31.2 Å². The van der Waals surface area contributed by atoms with Crippen molar-refractivity contribution in [1.82, 2.24) is 4.98 Å². The van der Waals surface area contributed by atoms with Gasteiger partial charge in [0.15, 0.2) is 0 Å². The molecule has 0 bridgehead atoms. The maximum Gasteiger partial charge on any atom is 0.114 e. The first kappa shape index (κ1) is 14.2. The van der Waals surface area contributed by atoms with Gasteiger partial charge in [0.1, 0.15) is 5.01 Å². The van der Waals surface area contributed by atoms with Crippen molar-refractivity contribution in [1.29, 1.82) is 0 Å². The minimum Gasteiger partial charge on any atom is -0.380 e. The van der Waals surface area contributed by atoms with Gasteiger partial charge in [-0.25, -0.2) is 4.98 Å². The van der Waals surface area contributed by atoms with Gasteiger partial charge in [-0.3, -0.25) is 0 Å². The third-order valence-corrected chi connectivity index (χ3v) is 4.30. The van der Waals surface area contributed by atoms with Gasteiger partial charge in [-0.15, -0.1) is 11.3 Å². The van der Waals surface area contributed by atoms with Crippen LogP contribution in [0.4, 0.5) is 0 Å². The van der Waals surface area contributed by atoms with Crippen molar-refractivity contribution in [2.75, 3.05) is 7.11 Å². The lowest BCUT2D eigenvalue weighted by atomic mass is 10.0. The zero-order valence-electron chi connectivity index (χ0n) is 11.6. The molecule has 0 radical (unpaired) electrons. The number of ether oxygens (including phenoxy) is 1. The second-order valence-corrected chi connectivity index (χ2v) is 5.75. The Labute approximate surface area is 118 Å². The Bertz CT molecular complexity index is 551. The first-order valence-electron chi connectivity index (χ1n) is 6.45. The lowest BCUT2D eigenvalue weighted by Crippen LogP contribution is -2.14. The first-order valence-corrected chi connectivity index (χ1v) is 7.27. The molecule has 0 aliphatic rings. The van der Waals surface area contributed by atoms with E-state index in [1.54, 1.807) is 18.4 Å². The molecule has 0 saturated heterocycles. The normalized spacial score (nSPS) is 12.6. The topological polar surface area (TPSA) is 48.1 Å². The summed E-state index contributed by atoms with van der Waals surface area (Å²) in [5, 5.41) is 0.984. The Morgan fingerprint density at radius 3 is 2.74 bits per heavy atom. The minimum absolute atomic E-state index is 0.171. The highest BCUT2D eigenvalue weighted by atomic mass is 32.1. The van der Waals surface area contributed by atoms with Gasteiger partial charge in [0, 0.05) is 12.0 Å². The zero-order chi connectivity index (χ0) is 13.8. The van der Waals surface area contributed by atoms with Gasteiger partial charge in [-0.2, -0.15) is 0 Å². The van der Waals surface area contributed by atoms with Crippen molar-refractivity contribution < 1.29 is 4.74 Å². The number of thiazole rings is 1. The second-order valence-electron chi connectivity index (χ2n) is 4.52. The smallest absolute Gasteiger partial charge is 0.114 e. The zero-order valence-corrected chi connectivity index (χ0v) is 12.5. The number of aromatic nitrogens is 1. The van der Waals surface area contributed by atoms with E-state index in [1.165, 1.54) is 4.88 Å². The number of hydrogen-bond acceptors (Lipinski definition) is 4. The Balaban J connectivity index is 2.35. The van der Waals surface area contributed by atoms with Crippen molar-refractivity contribution in [3.63, 3.8) is 0 Å². The summed E-state index contributed by atoms with van der Waals surface area (Å²) in [4.78, 5) is 5.92. The lowest BCUT2D eigenvalue weighted by molar-refractivity contribution is 0.184. The third-order valence-electron chi connectivity index (χ3n) is 3.20. The number of nitrogens with zero attached hydrogens (tertiary/aromatic N) is 1. The summed E-state index contributed by atoms with van der Waals surface area (Å²) >= 11 is 1.69. The molecule has 0 saturated carbocycles. The van der Waals surface area contributed by atoms with Crippen molar-refractivity contribution in [3.8, 4) is 0 Å². The van der Waals surface area contributed by atoms with E-state index in [0.29, 0.717) is 6.61 Å². The summed E-state index contributed by atoms with van der Waals surface area (Å²) in [6.45, 7) is 4.80. The van der Waals surface area contributed by atoms with Gasteiger partial charge in [0.25, 0.3) is 0 Å². The van der Waals surface area contributed by atoms with Crippen LogP contribution >= 0.6 is 11.3 Å². The van der Waals surface area contributed by atoms with Crippen LogP contribution in [0, 0.1) is 6.92 Å². The molecule has 1 atom stereocenters. The number of nitrogens with two attached hydrogens (primary N) is 1. The summed E-state index contributed by atoms with van der Waals surface area (Å²) in [6.07, 6.45) is 0.953. The molecule has 1 aromatic carbocycles. The molecule has 0 aliphatic carbocycles. The first-order chi connectivity index (χ1) is 9.17.